The number of hydrogen-bond donors (Lipinski definition) is 6. The van der Waals surface area contributed by atoms with Crippen LogP contribution in [-0.2, 0) is 71.4 Å². The molecule has 3 rings (SSSR count). The summed E-state index contributed by atoms with van der Waals surface area (Å²) in [5.74, 6) is -3.01. The van der Waals surface area contributed by atoms with Crippen LogP contribution < -0.4 is 31.9 Å². The Labute approximate surface area is 546 Å². The third kappa shape index (κ3) is 40.8. The fourth-order valence-electron chi connectivity index (χ4n) is 8.48. The minimum Gasteiger partial charge on any atom is -0.465 e. The van der Waals surface area contributed by atoms with Gasteiger partial charge < -0.3 is 74.5 Å². The van der Waals surface area contributed by atoms with Gasteiger partial charge in [0.15, 0.2) is 6.23 Å². The van der Waals surface area contributed by atoms with Crippen LogP contribution in [0.2, 0.25) is 0 Å². The average Bonchev–Trinajstić information content (AvgIpc) is 1.38. The molecule has 0 spiro atoms. The van der Waals surface area contributed by atoms with Gasteiger partial charge in [-0.15, -0.1) is 0 Å². The van der Waals surface area contributed by atoms with Gasteiger partial charge in [0.1, 0.15) is 42.7 Å². The zero-order chi connectivity index (χ0) is 67.6. The summed E-state index contributed by atoms with van der Waals surface area (Å²) >= 11 is 0. The average molecular weight is 1300 g/mol. The number of carbonyl (C=O) groups is 9. The molecule has 0 saturated carbocycles. The minimum absolute atomic E-state index is 0. The zero-order valence-electron chi connectivity index (χ0n) is 55.5. The van der Waals surface area contributed by atoms with Crippen molar-refractivity contribution < 1.29 is 85.8 Å². The summed E-state index contributed by atoms with van der Waals surface area (Å²) in [5, 5.41) is 16.4. The summed E-state index contributed by atoms with van der Waals surface area (Å²) in [5.41, 5.74) is -1.22. The van der Waals surface area contributed by atoms with Crippen molar-refractivity contribution in [1.82, 2.24) is 16.0 Å². The maximum absolute atomic E-state index is 13.0. The lowest BCUT2D eigenvalue weighted by molar-refractivity contribution is -0.172. The molecular weight excluding hydrogens is 1190 g/mol. The Morgan fingerprint density at radius 1 is 0.391 bits per heavy atom. The monoisotopic (exact) mass is 1300 g/mol. The molecule has 92 heavy (non-hydrogen) atoms. The van der Waals surface area contributed by atoms with Crippen LogP contribution in [0.15, 0.2) is 91.0 Å². The van der Waals surface area contributed by atoms with Gasteiger partial charge in [0, 0.05) is 72.1 Å². The van der Waals surface area contributed by atoms with Gasteiger partial charge in [-0.05, 0) is 76.4 Å². The lowest BCUT2D eigenvalue weighted by atomic mass is 9.93. The van der Waals surface area contributed by atoms with Crippen molar-refractivity contribution in [2.45, 2.75) is 165 Å². The summed E-state index contributed by atoms with van der Waals surface area (Å²) in [6, 6.07) is 26.3. The van der Waals surface area contributed by atoms with Gasteiger partial charge in [0.25, 0.3) is 0 Å². The molecule has 0 bridgehead atoms. The first kappa shape index (κ1) is 84.2. The highest BCUT2D eigenvalue weighted by Gasteiger charge is 2.40. The molecule has 0 aliphatic rings. The Kier molecular flexibility index (Phi) is 46.4. The number of hydrogen-bond acceptors (Lipinski definition) is 18. The molecule has 6 amide bonds. The molecule has 3 aromatic rings. The van der Waals surface area contributed by atoms with E-state index in [1.807, 2.05) is 54.6 Å². The highest BCUT2D eigenvalue weighted by Crippen LogP contribution is 2.24. The molecule has 0 saturated heterocycles. The number of para-hydroxylation sites is 3. The molecular formula is C68H108N6O18. The fourth-order valence-corrected chi connectivity index (χ4v) is 8.48. The molecule has 0 aromatic heterocycles. The number of amides is 6. The highest BCUT2D eigenvalue weighted by atomic mass is 16.6. The van der Waals surface area contributed by atoms with E-state index in [0.717, 1.165) is 63.5 Å². The number of rotatable bonds is 42. The Hall–Kier alpha value is -7.83. The van der Waals surface area contributed by atoms with E-state index in [4.69, 9.17) is 42.6 Å². The first-order valence-corrected chi connectivity index (χ1v) is 31.3. The van der Waals surface area contributed by atoms with Gasteiger partial charge in [-0.3, -0.25) is 28.8 Å². The molecule has 3 aromatic carbocycles. The van der Waals surface area contributed by atoms with E-state index in [1.165, 1.54) is 80.6 Å². The van der Waals surface area contributed by atoms with Crippen molar-refractivity contribution in [2.75, 3.05) is 103 Å². The maximum atomic E-state index is 13.0. The number of methoxy groups -OCH3 is 3. The van der Waals surface area contributed by atoms with Gasteiger partial charge in [-0.2, -0.15) is 0 Å². The van der Waals surface area contributed by atoms with Crippen molar-refractivity contribution in [2.24, 2.45) is 16.2 Å². The largest absolute Gasteiger partial charge is 0.465 e. The van der Waals surface area contributed by atoms with E-state index < -0.39 is 70.4 Å². The Morgan fingerprint density at radius 2 is 0.728 bits per heavy atom. The van der Waals surface area contributed by atoms with Crippen LogP contribution in [0.25, 0.3) is 0 Å². The lowest BCUT2D eigenvalue weighted by Crippen LogP contribution is -2.46. The van der Waals surface area contributed by atoms with Crippen molar-refractivity contribution in [3.8, 4) is 0 Å². The predicted octanol–water partition coefficient (Wildman–Crippen LogP) is 11.9. The summed E-state index contributed by atoms with van der Waals surface area (Å²) in [7, 11) is 4.39. The zero-order valence-corrected chi connectivity index (χ0v) is 55.5. The van der Waals surface area contributed by atoms with E-state index in [1.54, 1.807) is 57.2 Å². The van der Waals surface area contributed by atoms with Crippen LogP contribution in [0, 0.1) is 16.2 Å². The predicted molar refractivity (Wildman–Crippen MR) is 353 cm³/mol. The fraction of sp³-hybridized carbons (Fsp3) is 0.603. The number of anilines is 3. The number of unbranched alkanes of at least 4 members (excludes halogenated alkanes) is 13. The summed E-state index contributed by atoms with van der Waals surface area (Å²) in [6.45, 7) is 11.8. The Morgan fingerprint density at radius 3 is 1.12 bits per heavy atom. The van der Waals surface area contributed by atoms with Gasteiger partial charge >= 0.3 is 53.9 Å². The lowest BCUT2D eigenvalue weighted by Gasteiger charge is -2.29. The quantitative estimate of drug-likeness (QED) is 0.0133. The van der Waals surface area contributed by atoms with E-state index >= 15 is 0 Å². The second-order valence-corrected chi connectivity index (χ2v) is 22.7. The summed E-state index contributed by atoms with van der Waals surface area (Å²) < 4.78 is 46.4. The molecule has 24 heteroatoms. The molecule has 0 fully saturated rings. The normalized spacial score (nSPS) is 12.7. The van der Waals surface area contributed by atoms with Crippen LogP contribution in [0.3, 0.4) is 0 Å². The molecule has 6 N–H and O–H groups in total. The van der Waals surface area contributed by atoms with Gasteiger partial charge in [-0.1, -0.05) is 146 Å². The molecule has 518 valence electrons. The second kappa shape index (κ2) is 50.8. The van der Waals surface area contributed by atoms with Gasteiger partial charge in [-0.25, -0.2) is 14.4 Å². The SMILES string of the molecule is C.CCCCCCCCCCCC(NC(=O)Nc1ccccc1)OC(=O)C(C)(COC)COC(C)=O.COCC(C)(COC(C)=O)C(=O)OCCCCCCCCNC(=O)Nc1ccccc1.COCC(C)(COC(C)=O)C(=O)OCCNC(=O)Nc1ccccc1. The minimum atomic E-state index is -1.19. The van der Waals surface area contributed by atoms with E-state index in [9.17, 15) is 43.2 Å². The van der Waals surface area contributed by atoms with Crippen molar-refractivity contribution in [3.63, 3.8) is 0 Å². The molecule has 0 heterocycles. The first-order chi connectivity index (χ1) is 43.5. The number of nitrogens with one attached hydrogen (secondary N) is 6. The van der Waals surface area contributed by atoms with Crippen molar-refractivity contribution in [1.29, 1.82) is 0 Å². The Balaban J connectivity index is 0.00000136. The standard InChI is InChI=1S/C27H44N2O6.C23H36N2O6.C17H24N2O6.CH4/c1-5-6-7-8-9-10-11-12-16-19-24(29-26(32)28-23-17-14-13-15-18-23)35-25(31)27(3,20-33-4)21-34-22(2)30;1-19(26)31-18-23(2,17-29-3)21(27)30-16-12-7-5-4-6-11-15-24-22(28)25-20-13-9-8-10-14-20;1-13(20)25-12-17(2,11-23-3)15(21)24-10-9-18-16(22)19-14-7-5-4-6-8-14;/h13-15,17-18,24H,5-12,16,19-21H2,1-4H3,(H2,28,29,32);8-10,13-14H,4-7,11-12,15-18H2,1-3H3,(H2,24,25,28);4-8H,9-12H2,1-3H3,(H2,18,19,22);1H4. The number of benzene rings is 3. The van der Waals surface area contributed by atoms with Crippen LogP contribution >= 0.6 is 0 Å². The molecule has 0 aliphatic carbocycles. The molecule has 0 aliphatic heterocycles. The van der Waals surface area contributed by atoms with E-state index in [2.05, 4.69) is 38.8 Å². The van der Waals surface area contributed by atoms with Crippen LogP contribution in [-0.4, -0.2) is 147 Å². The summed E-state index contributed by atoms with van der Waals surface area (Å²) in [4.78, 5) is 107. The number of carbonyl (C=O) groups excluding carboxylic acids is 9. The van der Waals surface area contributed by atoms with Gasteiger partial charge in [0.2, 0.25) is 0 Å². The van der Waals surface area contributed by atoms with Crippen molar-refractivity contribution in [3.05, 3.63) is 91.0 Å². The smallest absolute Gasteiger partial charge is 0.322 e. The topological polar surface area (TPSA) is 309 Å². The van der Waals surface area contributed by atoms with E-state index in [-0.39, 0.29) is 66.3 Å². The van der Waals surface area contributed by atoms with Crippen LogP contribution in [0.4, 0.5) is 31.4 Å². The number of esters is 6. The van der Waals surface area contributed by atoms with Crippen LogP contribution in [0.1, 0.15) is 159 Å². The first-order valence-electron chi connectivity index (χ1n) is 31.3. The molecule has 0 radical (unpaired) electrons. The van der Waals surface area contributed by atoms with E-state index in [0.29, 0.717) is 30.9 Å². The van der Waals surface area contributed by atoms with Crippen molar-refractivity contribution >= 4 is 71.0 Å². The molecule has 4 atom stereocenters. The second-order valence-electron chi connectivity index (χ2n) is 22.7. The van der Waals surface area contributed by atoms with Crippen LogP contribution in [0.5, 0.6) is 0 Å². The third-order valence-corrected chi connectivity index (χ3v) is 13.6. The van der Waals surface area contributed by atoms with Gasteiger partial charge in [0.05, 0.1) is 33.0 Å². The Bertz CT molecular complexity index is 2530. The third-order valence-electron chi connectivity index (χ3n) is 13.6. The number of ether oxygens (including phenoxy) is 9. The summed E-state index contributed by atoms with van der Waals surface area (Å²) in [6.07, 6.45) is 15.9. The molecule has 24 nitrogen and oxygen atoms in total. The number of urea groups is 3. The maximum Gasteiger partial charge on any atom is 0.322 e. The molecule has 4 unspecified atom stereocenters. The highest BCUT2D eigenvalue weighted by molar-refractivity contribution is 5.90.